The van der Waals surface area contributed by atoms with Crippen LogP contribution >= 0.6 is 11.6 Å². The van der Waals surface area contributed by atoms with E-state index in [2.05, 4.69) is 6.58 Å². The van der Waals surface area contributed by atoms with Gasteiger partial charge in [0, 0.05) is 10.6 Å². The van der Waals surface area contributed by atoms with Crippen molar-refractivity contribution in [3.63, 3.8) is 0 Å². The Morgan fingerprint density at radius 1 is 1.24 bits per heavy atom. The van der Waals surface area contributed by atoms with Crippen molar-refractivity contribution < 1.29 is 9.84 Å². The van der Waals surface area contributed by atoms with Crippen molar-refractivity contribution in [2.75, 3.05) is 6.61 Å². The molecule has 2 nitrogen and oxygen atoms in total. The molecule has 88 valence electrons. The Bertz CT molecular complexity index is 549. The molecule has 0 radical (unpaired) electrons. The van der Waals surface area contributed by atoms with Crippen LogP contribution in [0, 0.1) is 0 Å². The van der Waals surface area contributed by atoms with Crippen LogP contribution in [0.1, 0.15) is 5.56 Å². The number of halogens is 1. The molecular formula is C14H13ClO2. The fourth-order valence-electron chi connectivity index (χ4n) is 1.77. The number of fused-ring (bicyclic) bond motifs is 1. The Kier molecular flexibility index (Phi) is 3.67. The lowest BCUT2D eigenvalue weighted by Gasteiger charge is -2.12. The smallest absolute Gasteiger partial charge is 0.126 e. The van der Waals surface area contributed by atoms with E-state index in [-0.39, 0.29) is 13.2 Å². The molecule has 0 saturated heterocycles. The summed E-state index contributed by atoms with van der Waals surface area (Å²) in [6.07, 6.45) is 0. The van der Waals surface area contributed by atoms with E-state index >= 15 is 0 Å². The van der Waals surface area contributed by atoms with Crippen molar-refractivity contribution in [3.05, 3.63) is 53.6 Å². The van der Waals surface area contributed by atoms with Crippen LogP contribution in [0.5, 0.6) is 5.75 Å². The second-order valence-electron chi connectivity index (χ2n) is 3.73. The molecular weight excluding hydrogens is 236 g/mol. The van der Waals surface area contributed by atoms with Gasteiger partial charge in [0.15, 0.2) is 0 Å². The highest BCUT2D eigenvalue weighted by atomic mass is 35.5. The number of rotatable bonds is 4. The van der Waals surface area contributed by atoms with Crippen molar-refractivity contribution >= 4 is 22.4 Å². The van der Waals surface area contributed by atoms with Gasteiger partial charge in [0.2, 0.25) is 0 Å². The molecule has 2 rings (SSSR count). The Morgan fingerprint density at radius 3 is 2.71 bits per heavy atom. The third kappa shape index (κ3) is 2.60. The first-order valence-corrected chi connectivity index (χ1v) is 5.67. The molecule has 17 heavy (non-hydrogen) atoms. The fraction of sp³-hybridized carbons (Fsp3) is 0.143. The molecule has 0 saturated carbocycles. The summed E-state index contributed by atoms with van der Waals surface area (Å²) in [6, 6.07) is 11.7. The number of hydrogen-bond donors (Lipinski definition) is 1. The maximum absolute atomic E-state index is 9.45. The summed E-state index contributed by atoms with van der Waals surface area (Å²) in [5, 5.41) is 11.9. The van der Waals surface area contributed by atoms with Gasteiger partial charge in [-0.1, -0.05) is 48.5 Å². The Hall–Kier alpha value is -1.51. The van der Waals surface area contributed by atoms with Gasteiger partial charge < -0.3 is 9.84 Å². The third-order valence-electron chi connectivity index (χ3n) is 2.54. The van der Waals surface area contributed by atoms with E-state index in [4.69, 9.17) is 16.3 Å². The highest BCUT2D eigenvalue weighted by molar-refractivity contribution is 6.29. The zero-order chi connectivity index (χ0) is 12.3. The molecule has 0 unspecified atom stereocenters. The quantitative estimate of drug-likeness (QED) is 0.898. The summed E-state index contributed by atoms with van der Waals surface area (Å²) < 4.78 is 5.51. The second-order valence-corrected chi connectivity index (χ2v) is 4.26. The lowest BCUT2D eigenvalue weighted by Crippen LogP contribution is -2.00. The zero-order valence-corrected chi connectivity index (χ0v) is 10.1. The molecule has 0 aromatic heterocycles. The summed E-state index contributed by atoms with van der Waals surface area (Å²) in [5.74, 6) is 0.646. The Labute approximate surface area is 105 Å². The molecule has 0 aliphatic carbocycles. The van der Waals surface area contributed by atoms with Gasteiger partial charge in [-0.3, -0.25) is 0 Å². The van der Waals surface area contributed by atoms with Crippen LogP contribution in [0.15, 0.2) is 48.0 Å². The summed E-state index contributed by atoms with van der Waals surface area (Å²) >= 11 is 5.66. The van der Waals surface area contributed by atoms with E-state index in [1.807, 2.05) is 36.4 Å². The van der Waals surface area contributed by atoms with Crippen molar-refractivity contribution in [3.8, 4) is 5.75 Å². The van der Waals surface area contributed by atoms with E-state index < -0.39 is 0 Å². The fourth-order valence-corrected chi connectivity index (χ4v) is 1.82. The van der Waals surface area contributed by atoms with Crippen molar-refractivity contribution in [2.45, 2.75) is 6.61 Å². The van der Waals surface area contributed by atoms with Crippen LogP contribution in [0.3, 0.4) is 0 Å². The first kappa shape index (κ1) is 12.0. The van der Waals surface area contributed by atoms with E-state index in [1.165, 1.54) is 0 Å². The first-order chi connectivity index (χ1) is 8.22. The third-order valence-corrected chi connectivity index (χ3v) is 2.65. The zero-order valence-electron chi connectivity index (χ0n) is 9.32. The number of benzene rings is 2. The largest absolute Gasteiger partial charge is 0.488 e. The molecule has 0 aliphatic heterocycles. The molecule has 2 aromatic carbocycles. The minimum atomic E-state index is -0.0640. The highest BCUT2D eigenvalue weighted by Crippen LogP contribution is 2.28. The van der Waals surface area contributed by atoms with Crippen LogP contribution < -0.4 is 4.74 Å². The van der Waals surface area contributed by atoms with Crippen molar-refractivity contribution in [2.24, 2.45) is 0 Å². The monoisotopic (exact) mass is 248 g/mol. The Balaban J connectivity index is 2.45. The SMILES string of the molecule is C=C(Cl)COc1ccc2ccccc2c1CO. The topological polar surface area (TPSA) is 29.5 Å². The lowest BCUT2D eigenvalue weighted by atomic mass is 10.0. The van der Waals surface area contributed by atoms with Gasteiger partial charge in [0.1, 0.15) is 12.4 Å². The lowest BCUT2D eigenvalue weighted by molar-refractivity contribution is 0.271. The predicted octanol–water partition coefficient (Wildman–Crippen LogP) is 3.46. The molecule has 0 bridgehead atoms. The maximum Gasteiger partial charge on any atom is 0.126 e. The van der Waals surface area contributed by atoms with Gasteiger partial charge in [-0.05, 0) is 16.8 Å². The van der Waals surface area contributed by atoms with Gasteiger partial charge in [-0.25, -0.2) is 0 Å². The highest BCUT2D eigenvalue weighted by Gasteiger charge is 2.07. The molecule has 0 amide bonds. The van der Waals surface area contributed by atoms with Crippen LogP contribution in [0.4, 0.5) is 0 Å². The van der Waals surface area contributed by atoms with Gasteiger partial charge in [-0.15, -0.1) is 0 Å². The van der Waals surface area contributed by atoms with Gasteiger partial charge in [-0.2, -0.15) is 0 Å². The summed E-state index contributed by atoms with van der Waals surface area (Å²) in [6.45, 7) is 3.74. The van der Waals surface area contributed by atoms with E-state index in [9.17, 15) is 5.11 Å². The summed E-state index contributed by atoms with van der Waals surface area (Å²) in [4.78, 5) is 0. The summed E-state index contributed by atoms with van der Waals surface area (Å²) in [7, 11) is 0. The van der Waals surface area contributed by atoms with Gasteiger partial charge in [0.05, 0.1) is 6.61 Å². The normalized spacial score (nSPS) is 10.5. The molecule has 0 aliphatic rings. The molecule has 2 aromatic rings. The molecule has 0 heterocycles. The van der Waals surface area contributed by atoms with Crippen molar-refractivity contribution in [1.82, 2.24) is 0 Å². The molecule has 1 N–H and O–H groups in total. The number of hydrogen-bond acceptors (Lipinski definition) is 2. The van der Waals surface area contributed by atoms with E-state index in [1.54, 1.807) is 0 Å². The standard InChI is InChI=1S/C14H13ClO2/c1-10(15)9-17-14-7-6-11-4-2-3-5-12(11)13(14)8-16/h2-7,16H,1,8-9H2. The first-order valence-electron chi connectivity index (χ1n) is 5.30. The summed E-state index contributed by atoms with van der Waals surface area (Å²) in [5.41, 5.74) is 0.779. The van der Waals surface area contributed by atoms with Gasteiger partial charge in [0.25, 0.3) is 0 Å². The number of ether oxygens (including phenoxy) is 1. The van der Waals surface area contributed by atoms with Crippen LogP contribution in [-0.2, 0) is 6.61 Å². The Morgan fingerprint density at radius 2 is 2.00 bits per heavy atom. The molecule has 3 heteroatoms. The molecule has 0 spiro atoms. The minimum Gasteiger partial charge on any atom is -0.488 e. The number of aliphatic hydroxyl groups is 1. The van der Waals surface area contributed by atoms with Crippen LogP contribution in [0.2, 0.25) is 0 Å². The minimum absolute atomic E-state index is 0.0640. The van der Waals surface area contributed by atoms with Crippen LogP contribution in [0.25, 0.3) is 10.8 Å². The molecule has 0 atom stereocenters. The number of aliphatic hydroxyl groups excluding tert-OH is 1. The average molecular weight is 249 g/mol. The van der Waals surface area contributed by atoms with Crippen molar-refractivity contribution in [1.29, 1.82) is 0 Å². The predicted molar refractivity (Wildman–Crippen MR) is 70.4 cm³/mol. The van der Waals surface area contributed by atoms with Gasteiger partial charge >= 0.3 is 0 Å². The van der Waals surface area contributed by atoms with E-state index in [0.29, 0.717) is 10.8 Å². The van der Waals surface area contributed by atoms with Crippen LogP contribution in [-0.4, -0.2) is 11.7 Å². The maximum atomic E-state index is 9.45. The second kappa shape index (κ2) is 5.21. The van der Waals surface area contributed by atoms with E-state index in [0.717, 1.165) is 16.3 Å². The molecule has 0 fully saturated rings. The average Bonchev–Trinajstić information content (AvgIpc) is 2.35.